The van der Waals surface area contributed by atoms with Gasteiger partial charge in [0.2, 0.25) is 0 Å². The van der Waals surface area contributed by atoms with Gasteiger partial charge in [-0.15, -0.1) is 10.2 Å². The van der Waals surface area contributed by atoms with Crippen LogP contribution in [0, 0.1) is 6.92 Å². The highest BCUT2D eigenvalue weighted by Gasteiger charge is 2.11. The second kappa shape index (κ2) is 8.05. The highest BCUT2D eigenvalue weighted by atomic mass is 32.2. The van der Waals surface area contributed by atoms with Crippen LogP contribution in [0.3, 0.4) is 0 Å². The van der Waals surface area contributed by atoms with Crippen molar-refractivity contribution < 1.29 is 14.6 Å². The molecule has 0 aliphatic heterocycles. The van der Waals surface area contributed by atoms with Gasteiger partial charge in [-0.3, -0.25) is 4.79 Å². The molecule has 1 heterocycles. The second-order valence-electron chi connectivity index (χ2n) is 5.82. The minimum atomic E-state index is -0.885. The summed E-state index contributed by atoms with van der Waals surface area (Å²) in [6, 6.07) is 16.3. The molecule has 26 heavy (non-hydrogen) atoms. The van der Waals surface area contributed by atoms with Crippen molar-refractivity contribution in [2.45, 2.75) is 18.7 Å². The van der Waals surface area contributed by atoms with E-state index in [0.29, 0.717) is 11.0 Å². The Labute approximate surface area is 155 Å². The Morgan fingerprint density at radius 3 is 2.31 bits per heavy atom. The Morgan fingerprint density at radius 1 is 1.08 bits per heavy atom. The van der Waals surface area contributed by atoms with Gasteiger partial charge in [0.1, 0.15) is 12.4 Å². The third-order valence-electron chi connectivity index (χ3n) is 3.86. The predicted octanol–water partition coefficient (Wildman–Crippen LogP) is 3.55. The smallest absolute Gasteiger partial charge is 0.313 e. The molecule has 0 saturated carbocycles. The summed E-state index contributed by atoms with van der Waals surface area (Å²) in [6.07, 6.45) is 0. The van der Waals surface area contributed by atoms with Gasteiger partial charge in [-0.05, 0) is 30.2 Å². The van der Waals surface area contributed by atoms with Crippen LogP contribution in [-0.4, -0.2) is 31.6 Å². The number of carboxylic acids is 1. The standard InChI is InChI=1S/C19H19N3O3S/c1-13-3-5-14(6-4-13)15-7-9-16(10-8-15)25-11-17-20-21-19(22(17)2)26-12-18(23)24/h3-10H,11-12H2,1-2H3,(H,23,24). The lowest BCUT2D eigenvalue weighted by Gasteiger charge is -2.08. The van der Waals surface area contributed by atoms with E-state index in [1.165, 1.54) is 5.56 Å². The molecule has 6 nitrogen and oxygen atoms in total. The van der Waals surface area contributed by atoms with E-state index in [4.69, 9.17) is 9.84 Å². The molecule has 0 atom stereocenters. The molecule has 0 saturated heterocycles. The Kier molecular flexibility index (Phi) is 5.58. The number of hydrogen-bond acceptors (Lipinski definition) is 5. The van der Waals surface area contributed by atoms with E-state index < -0.39 is 5.97 Å². The fourth-order valence-corrected chi connectivity index (χ4v) is 3.01. The van der Waals surface area contributed by atoms with Gasteiger partial charge < -0.3 is 14.4 Å². The van der Waals surface area contributed by atoms with Crippen LogP contribution in [0.1, 0.15) is 11.4 Å². The third-order valence-corrected chi connectivity index (χ3v) is 4.86. The van der Waals surface area contributed by atoms with Crippen molar-refractivity contribution in [3.8, 4) is 16.9 Å². The summed E-state index contributed by atoms with van der Waals surface area (Å²) < 4.78 is 7.52. The molecule has 0 unspecified atom stereocenters. The molecule has 7 heteroatoms. The number of ether oxygens (including phenoxy) is 1. The number of thioether (sulfide) groups is 1. The van der Waals surface area contributed by atoms with Crippen molar-refractivity contribution >= 4 is 17.7 Å². The maximum Gasteiger partial charge on any atom is 0.313 e. The molecular weight excluding hydrogens is 350 g/mol. The molecule has 1 N–H and O–H groups in total. The van der Waals surface area contributed by atoms with Gasteiger partial charge in [0.15, 0.2) is 11.0 Å². The number of aromatic nitrogens is 3. The topological polar surface area (TPSA) is 77.2 Å². The van der Waals surface area contributed by atoms with Crippen LogP contribution in [0.25, 0.3) is 11.1 Å². The maximum absolute atomic E-state index is 10.6. The van der Waals surface area contributed by atoms with Crippen LogP contribution in [0.2, 0.25) is 0 Å². The molecule has 3 rings (SSSR count). The molecule has 0 spiro atoms. The molecule has 0 bridgehead atoms. The van der Waals surface area contributed by atoms with Crippen LogP contribution in [-0.2, 0) is 18.4 Å². The lowest BCUT2D eigenvalue weighted by Crippen LogP contribution is -2.05. The van der Waals surface area contributed by atoms with E-state index in [-0.39, 0.29) is 12.4 Å². The Balaban J connectivity index is 1.61. The van der Waals surface area contributed by atoms with E-state index >= 15 is 0 Å². The van der Waals surface area contributed by atoms with Crippen molar-refractivity contribution in [1.82, 2.24) is 14.8 Å². The summed E-state index contributed by atoms with van der Waals surface area (Å²) >= 11 is 1.13. The maximum atomic E-state index is 10.6. The fraction of sp³-hybridized carbons (Fsp3) is 0.211. The Hall–Kier alpha value is -2.80. The van der Waals surface area contributed by atoms with Gasteiger partial charge in [0.05, 0.1) is 5.75 Å². The van der Waals surface area contributed by atoms with Gasteiger partial charge >= 0.3 is 5.97 Å². The van der Waals surface area contributed by atoms with Crippen LogP contribution >= 0.6 is 11.8 Å². The summed E-state index contributed by atoms with van der Waals surface area (Å²) in [5, 5.41) is 17.3. The van der Waals surface area contributed by atoms with Gasteiger partial charge in [-0.2, -0.15) is 0 Å². The SMILES string of the molecule is Cc1ccc(-c2ccc(OCc3nnc(SCC(=O)O)n3C)cc2)cc1. The molecule has 0 aliphatic carbocycles. The van der Waals surface area contributed by atoms with Crippen molar-refractivity contribution in [2.75, 3.05) is 5.75 Å². The van der Waals surface area contributed by atoms with Crippen LogP contribution < -0.4 is 4.74 Å². The number of rotatable bonds is 7. The summed E-state index contributed by atoms with van der Waals surface area (Å²) in [5.41, 5.74) is 3.53. The number of carboxylic acid groups (broad SMARTS) is 1. The van der Waals surface area contributed by atoms with Crippen LogP contribution in [0.5, 0.6) is 5.75 Å². The highest BCUT2D eigenvalue weighted by molar-refractivity contribution is 7.99. The second-order valence-corrected chi connectivity index (χ2v) is 6.76. The predicted molar refractivity (Wildman–Crippen MR) is 100 cm³/mol. The van der Waals surface area contributed by atoms with E-state index in [1.54, 1.807) is 11.6 Å². The first kappa shape index (κ1) is 18.0. The Morgan fingerprint density at radius 2 is 1.69 bits per heavy atom. The van der Waals surface area contributed by atoms with Crippen molar-refractivity contribution in [1.29, 1.82) is 0 Å². The fourth-order valence-electron chi connectivity index (χ4n) is 2.36. The first-order chi connectivity index (χ1) is 12.5. The molecule has 0 amide bonds. The quantitative estimate of drug-likeness (QED) is 0.642. The molecule has 0 aliphatic rings. The average molecular weight is 369 g/mol. The minimum absolute atomic E-state index is 0.0483. The number of nitrogens with zero attached hydrogens (tertiary/aromatic N) is 3. The molecule has 134 valence electrons. The highest BCUT2D eigenvalue weighted by Crippen LogP contribution is 2.23. The van der Waals surface area contributed by atoms with Gasteiger partial charge in [-0.1, -0.05) is 53.7 Å². The number of carbonyl (C=O) groups is 1. The largest absolute Gasteiger partial charge is 0.486 e. The zero-order valence-electron chi connectivity index (χ0n) is 14.5. The average Bonchev–Trinajstić information content (AvgIpc) is 2.99. The van der Waals surface area contributed by atoms with Gasteiger partial charge in [0, 0.05) is 7.05 Å². The first-order valence-electron chi connectivity index (χ1n) is 8.05. The minimum Gasteiger partial charge on any atom is -0.486 e. The van der Waals surface area contributed by atoms with E-state index in [0.717, 1.165) is 28.6 Å². The molecule has 3 aromatic rings. The van der Waals surface area contributed by atoms with Crippen LogP contribution in [0.4, 0.5) is 0 Å². The molecule has 2 aromatic carbocycles. The van der Waals surface area contributed by atoms with Gasteiger partial charge in [-0.25, -0.2) is 0 Å². The monoisotopic (exact) mass is 369 g/mol. The zero-order chi connectivity index (χ0) is 18.5. The molecule has 0 radical (unpaired) electrons. The molecule has 0 fully saturated rings. The van der Waals surface area contributed by atoms with Crippen molar-refractivity contribution in [3.05, 3.63) is 59.9 Å². The summed E-state index contributed by atoms with van der Waals surface area (Å²) in [7, 11) is 1.80. The number of aryl methyl sites for hydroxylation is 1. The normalized spacial score (nSPS) is 10.7. The molecule has 1 aromatic heterocycles. The van der Waals surface area contributed by atoms with E-state index in [1.807, 2.05) is 24.3 Å². The van der Waals surface area contributed by atoms with Crippen LogP contribution in [0.15, 0.2) is 53.7 Å². The van der Waals surface area contributed by atoms with E-state index in [9.17, 15) is 4.79 Å². The number of aliphatic carboxylic acids is 1. The lowest BCUT2D eigenvalue weighted by atomic mass is 10.0. The number of benzene rings is 2. The molecular formula is C19H19N3O3S. The summed E-state index contributed by atoms with van der Waals surface area (Å²) in [4.78, 5) is 10.6. The third kappa shape index (κ3) is 4.43. The van der Waals surface area contributed by atoms with Crippen molar-refractivity contribution in [3.63, 3.8) is 0 Å². The summed E-state index contributed by atoms with van der Waals surface area (Å²) in [6.45, 7) is 2.33. The van der Waals surface area contributed by atoms with Gasteiger partial charge in [0.25, 0.3) is 0 Å². The Bertz CT molecular complexity index is 889. The number of hydrogen-bond donors (Lipinski definition) is 1. The first-order valence-corrected chi connectivity index (χ1v) is 9.04. The van der Waals surface area contributed by atoms with Crippen molar-refractivity contribution in [2.24, 2.45) is 7.05 Å². The summed E-state index contributed by atoms with van der Waals surface area (Å²) in [5.74, 6) is 0.446. The lowest BCUT2D eigenvalue weighted by molar-refractivity contribution is -0.133. The zero-order valence-corrected chi connectivity index (χ0v) is 15.4. The van der Waals surface area contributed by atoms with E-state index in [2.05, 4.69) is 41.4 Å².